The molecule has 0 aliphatic heterocycles. The maximum atomic E-state index is 10.5. The topological polar surface area (TPSA) is 77.8 Å². The second-order valence-corrected chi connectivity index (χ2v) is 5.84. The van der Waals surface area contributed by atoms with Crippen LogP contribution in [0.1, 0.15) is 25.5 Å². The van der Waals surface area contributed by atoms with Crippen LogP contribution < -0.4 is 0 Å². The van der Waals surface area contributed by atoms with Crippen LogP contribution in [0.3, 0.4) is 0 Å². The Balaban J connectivity index is 3.08. The smallest absolute Gasteiger partial charge is 0.327 e. The zero-order valence-corrected chi connectivity index (χ0v) is 12.2. The second kappa shape index (κ2) is 5.71. The van der Waals surface area contributed by atoms with Crippen LogP contribution in [-0.2, 0) is 4.79 Å². The minimum absolute atomic E-state index is 0.000263. The fourth-order valence-corrected chi connectivity index (χ4v) is 2.04. The van der Waals surface area contributed by atoms with Gasteiger partial charge in [-0.05, 0) is 40.8 Å². The summed E-state index contributed by atoms with van der Waals surface area (Å²) in [6.07, 6.45) is 1.43. The summed E-state index contributed by atoms with van der Waals surface area (Å²) in [5.74, 6) is -1.07. The van der Waals surface area contributed by atoms with Crippen LogP contribution in [-0.4, -0.2) is 21.3 Å². The first kappa shape index (κ1) is 15.0. The third-order valence-electron chi connectivity index (χ3n) is 2.64. The average Bonchev–Trinajstić information content (AvgIpc) is 2.29. The maximum absolute atomic E-state index is 10.5. The van der Waals surface area contributed by atoms with Gasteiger partial charge in [-0.3, -0.25) is 0 Å². The zero-order valence-electron chi connectivity index (χ0n) is 10.1. The minimum atomic E-state index is -1.07. The first-order valence-electron chi connectivity index (χ1n) is 5.32. The Hall–Kier alpha value is -1.08. The number of aromatic hydroxyl groups is 1. The molecule has 0 aliphatic carbocycles. The van der Waals surface area contributed by atoms with Crippen molar-refractivity contribution in [2.45, 2.75) is 20.0 Å². The Morgan fingerprint density at radius 2 is 2.06 bits per heavy atom. The van der Waals surface area contributed by atoms with Crippen molar-refractivity contribution in [3.05, 3.63) is 39.5 Å². The van der Waals surface area contributed by atoms with Crippen molar-refractivity contribution in [2.24, 2.45) is 5.41 Å². The Morgan fingerprint density at radius 1 is 1.44 bits per heavy atom. The van der Waals surface area contributed by atoms with Gasteiger partial charge in [0.1, 0.15) is 5.75 Å². The van der Waals surface area contributed by atoms with Crippen LogP contribution in [0, 0.1) is 8.99 Å². The number of carbonyl (C=O) groups is 1. The average molecular weight is 362 g/mol. The van der Waals surface area contributed by atoms with E-state index in [1.165, 1.54) is 12.1 Å². The predicted octanol–water partition coefficient (Wildman–Crippen LogP) is 2.70. The van der Waals surface area contributed by atoms with Crippen molar-refractivity contribution < 1.29 is 20.1 Å². The Kier molecular flexibility index (Phi) is 4.75. The van der Waals surface area contributed by atoms with E-state index in [0.29, 0.717) is 5.56 Å². The molecule has 0 spiro atoms. The Bertz CT molecular complexity index is 480. The molecule has 0 radical (unpaired) electrons. The molecule has 0 aromatic heterocycles. The summed E-state index contributed by atoms with van der Waals surface area (Å²) in [7, 11) is 0. The van der Waals surface area contributed by atoms with Crippen molar-refractivity contribution in [3.8, 4) is 5.75 Å². The normalized spacial score (nSPS) is 13.8. The lowest BCUT2D eigenvalue weighted by Crippen LogP contribution is -2.20. The minimum Gasteiger partial charge on any atom is -0.508 e. The number of halogens is 1. The molecule has 0 heterocycles. The summed E-state index contributed by atoms with van der Waals surface area (Å²) < 4.78 is 0.887. The highest BCUT2D eigenvalue weighted by molar-refractivity contribution is 14.1. The van der Waals surface area contributed by atoms with Crippen LogP contribution in [0.2, 0.25) is 0 Å². The highest BCUT2D eigenvalue weighted by atomic mass is 127. The second-order valence-electron chi connectivity index (χ2n) is 4.60. The van der Waals surface area contributed by atoms with Gasteiger partial charge in [0, 0.05) is 20.6 Å². The van der Waals surface area contributed by atoms with Crippen molar-refractivity contribution in [1.82, 2.24) is 0 Å². The molecule has 0 saturated carbocycles. The zero-order chi connectivity index (χ0) is 13.9. The molecule has 0 fully saturated rings. The number of carboxylic acids is 1. The van der Waals surface area contributed by atoms with E-state index in [2.05, 4.69) is 22.6 Å². The highest BCUT2D eigenvalue weighted by Crippen LogP contribution is 2.38. The fourth-order valence-electron chi connectivity index (χ4n) is 1.52. The van der Waals surface area contributed by atoms with Crippen molar-refractivity contribution in [1.29, 1.82) is 0 Å². The van der Waals surface area contributed by atoms with E-state index in [1.807, 2.05) is 0 Å². The summed E-state index contributed by atoms with van der Waals surface area (Å²) in [5, 5.41) is 28.6. The van der Waals surface area contributed by atoms with E-state index in [-0.39, 0.29) is 5.75 Å². The van der Waals surface area contributed by atoms with E-state index < -0.39 is 17.5 Å². The standard InChI is InChI=1S/C13H15IO4/c1-13(2,6-5-11(16)17)12(18)9-7-8(14)3-4-10(9)15/h3-7,12,15,18H,1-2H3,(H,16,17)/b6-5+/t12-/m0/s1. The summed E-state index contributed by atoms with van der Waals surface area (Å²) >= 11 is 2.08. The molecular weight excluding hydrogens is 347 g/mol. The van der Waals surface area contributed by atoms with Crippen molar-refractivity contribution in [3.63, 3.8) is 0 Å². The van der Waals surface area contributed by atoms with Crippen LogP contribution in [0.4, 0.5) is 0 Å². The number of carboxylic acid groups (broad SMARTS) is 1. The SMILES string of the molecule is CC(C)(/C=C/C(=O)O)[C@@H](O)c1cc(I)ccc1O. The Morgan fingerprint density at radius 3 is 2.61 bits per heavy atom. The third kappa shape index (κ3) is 3.71. The fraction of sp³-hybridized carbons (Fsp3) is 0.308. The number of benzene rings is 1. The molecule has 1 aromatic rings. The van der Waals surface area contributed by atoms with Gasteiger partial charge in [-0.15, -0.1) is 0 Å². The monoisotopic (exact) mass is 362 g/mol. The van der Waals surface area contributed by atoms with Gasteiger partial charge in [-0.25, -0.2) is 4.79 Å². The lowest BCUT2D eigenvalue weighted by atomic mass is 9.82. The number of hydrogen-bond donors (Lipinski definition) is 3. The van der Waals surface area contributed by atoms with Crippen LogP contribution >= 0.6 is 22.6 Å². The number of rotatable bonds is 4. The molecule has 0 saturated heterocycles. The molecule has 1 aromatic carbocycles. The number of phenols is 1. The van der Waals surface area contributed by atoms with E-state index in [1.54, 1.807) is 26.0 Å². The number of aliphatic hydroxyl groups is 1. The first-order valence-corrected chi connectivity index (χ1v) is 6.40. The van der Waals surface area contributed by atoms with E-state index >= 15 is 0 Å². The number of aliphatic carboxylic acids is 1. The van der Waals surface area contributed by atoms with Gasteiger partial charge in [0.05, 0.1) is 6.10 Å². The van der Waals surface area contributed by atoms with Gasteiger partial charge >= 0.3 is 5.97 Å². The molecule has 1 rings (SSSR count). The molecular formula is C13H15IO4. The lowest BCUT2D eigenvalue weighted by molar-refractivity contribution is -0.131. The van der Waals surface area contributed by atoms with Gasteiger partial charge in [-0.1, -0.05) is 19.9 Å². The molecule has 5 heteroatoms. The molecule has 3 N–H and O–H groups in total. The quantitative estimate of drug-likeness (QED) is 0.569. The Labute approximate surface area is 119 Å². The van der Waals surface area contributed by atoms with Gasteiger partial charge in [0.2, 0.25) is 0 Å². The van der Waals surface area contributed by atoms with Crippen LogP contribution in [0.15, 0.2) is 30.4 Å². The molecule has 0 aliphatic rings. The molecule has 0 bridgehead atoms. The summed E-state index contributed by atoms with van der Waals surface area (Å²) in [6.45, 7) is 3.41. The van der Waals surface area contributed by atoms with Crippen molar-refractivity contribution >= 4 is 28.6 Å². The molecule has 0 amide bonds. The predicted molar refractivity (Wildman–Crippen MR) is 76.3 cm³/mol. The van der Waals surface area contributed by atoms with Gasteiger partial charge < -0.3 is 15.3 Å². The van der Waals surface area contributed by atoms with Crippen molar-refractivity contribution in [2.75, 3.05) is 0 Å². The summed E-state index contributed by atoms with van der Waals surface area (Å²) in [5.41, 5.74) is -0.401. The van der Waals surface area contributed by atoms with Gasteiger partial charge in [0.25, 0.3) is 0 Å². The molecule has 1 atom stereocenters. The molecule has 18 heavy (non-hydrogen) atoms. The molecule has 98 valence electrons. The number of hydrogen-bond acceptors (Lipinski definition) is 3. The lowest BCUT2D eigenvalue weighted by Gasteiger charge is -2.28. The molecule has 0 unspecified atom stereocenters. The summed E-state index contributed by atoms with van der Waals surface area (Å²) in [6, 6.07) is 4.92. The number of aliphatic hydroxyl groups excluding tert-OH is 1. The first-order chi connectivity index (χ1) is 8.24. The highest BCUT2D eigenvalue weighted by Gasteiger charge is 2.28. The van der Waals surface area contributed by atoms with E-state index in [0.717, 1.165) is 9.65 Å². The molecule has 4 nitrogen and oxygen atoms in total. The summed E-state index contributed by atoms with van der Waals surface area (Å²) in [4.78, 5) is 10.5. The van der Waals surface area contributed by atoms with Crippen LogP contribution in [0.25, 0.3) is 0 Å². The van der Waals surface area contributed by atoms with Crippen LogP contribution in [0.5, 0.6) is 5.75 Å². The third-order valence-corrected chi connectivity index (χ3v) is 3.32. The number of phenolic OH excluding ortho intramolecular Hbond substituents is 1. The van der Waals surface area contributed by atoms with Gasteiger partial charge in [0.15, 0.2) is 0 Å². The van der Waals surface area contributed by atoms with Gasteiger partial charge in [-0.2, -0.15) is 0 Å². The largest absolute Gasteiger partial charge is 0.508 e. The maximum Gasteiger partial charge on any atom is 0.327 e. The van der Waals surface area contributed by atoms with E-state index in [9.17, 15) is 15.0 Å². The van der Waals surface area contributed by atoms with E-state index in [4.69, 9.17) is 5.11 Å².